The number of para-hydroxylation sites is 1. The van der Waals surface area contributed by atoms with Crippen LogP contribution in [0.5, 0.6) is 0 Å². The number of aryl methyl sites for hydroxylation is 1. The van der Waals surface area contributed by atoms with Gasteiger partial charge in [-0.25, -0.2) is 0 Å². The van der Waals surface area contributed by atoms with Crippen LogP contribution >= 0.6 is 0 Å². The molecule has 2 aromatic carbocycles. The highest BCUT2D eigenvalue weighted by Crippen LogP contribution is 2.20. The predicted molar refractivity (Wildman–Crippen MR) is 97.6 cm³/mol. The molecule has 3 rings (SSSR count). The molecule has 0 fully saturated rings. The zero-order valence-electron chi connectivity index (χ0n) is 14.0. The van der Waals surface area contributed by atoms with Gasteiger partial charge in [0.05, 0.1) is 5.52 Å². The maximum atomic E-state index is 4.53. The smallest absolute Gasteiger partial charge is 0.0702 e. The Kier molecular flexibility index (Phi) is 4.58. The van der Waals surface area contributed by atoms with Gasteiger partial charge in [-0.05, 0) is 50.3 Å². The Hall–Kier alpha value is -2.39. The van der Waals surface area contributed by atoms with E-state index in [1.165, 1.54) is 27.8 Å². The lowest BCUT2D eigenvalue weighted by molar-refractivity contribution is 0.403. The van der Waals surface area contributed by atoms with Crippen LogP contribution in [0, 0.1) is 6.92 Å². The Labute approximate surface area is 138 Å². The lowest BCUT2D eigenvalue weighted by atomic mass is 10.1. The van der Waals surface area contributed by atoms with Crippen LogP contribution in [-0.2, 0) is 13.1 Å². The highest BCUT2D eigenvalue weighted by atomic mass is 15.1. The molecule has 0 amide bonds. The maximum Gasteiger partial charge on any atom is 0.0702 e. The number of rotatable bonds is 5. The second-order valence-corrected chi connectivity index (χ2v) is 6.29. The third-order valence-electron chi connectivity index (χ3n) is 3.88. The van der Waals surface area contributed by atoms with Crippen LogP contribution in [0.3, 0.4) is 0 Å². The van der Waals surface area contributed by atoms with Crippen molar-refractivity contribution in [1.29, 1.82) is 0 Å². The molecule has 3 heteroatoms. The minimum Gasteiger partial charge on any atom is -0.381 e. The van der Waals surface area contributed by atoms with Crippen molar-refractivity contribution < 1.29 is 0 Å². The van der Waals surface area contributed by atoms with E-state index in [-0.39, 0.29) is 0 Å². The van der Waals surface area contributed by atoms with Crippen molar-refractivity contribution in [3.05, 3.63) is 71.4 Å². The van der Waals surface area contributed by atoms with Gasteiger partial charge in [-0.3, -0.25) is 4.98 Å². The molecule has 3 aromatic rings. The number of hydrogen-bond acceptors (Lipinski definition) is 3. The summed E-state index contributed by atoms with van der Waals surface area (Å²) in [5, 5.41) is 4.74. The van der Waals surface area contributed by atoms with Gasteiger partial charge in [0, 0.05) is 30.4 Å². The van der Waals surface area contributed by atoms with E-state index in [9.17, 15) is 0 Å². The fourth-order valence-electron chi connectivity index (χ4n) is 2.78. The summed E-state index contributed by atoms with van der Waals surface area (Å²) in [6.07, 6.45) is 1.95. The van der Waals surface area contributed by atoms with E-state index in [4.69, 9.17) is 0 Å². The van der Waals surface area contributed by atoms with E-state index < -0.39 is 0 Å². The molecule has 0 saturated heterocycles. The zero-order valence-corrected chi connectivity index (χ0v) is 14.0. The number of anilines is 1. The Morgan fingerprint density at radius 2 is 1.87 bits per heavy atom. The van der Waals surface area contributed by atoms with E-state index >= 15 is 0 Å². The molecular formula is C20H23N3. The third-order valence-corrected chi connectivity index (χ3v) is 3.88. The molecule has 118 valence electrons. The van der Waals surface area contributed by atoms with Crippen molar-refractivity contribution in [2.75, 3.05) is 19.4 Å². The number of pyridine rings is 1. The Balaban J connectivity index is 1.79. The first-order valence-corrected chi connectivity index (χ1v) is 7.93. The van der Waals surface area contributed by atoms with Crippen LogP contribution in [0.2, 0.25) is 0 Å². The summed E-state index contributed by atoms with van der Waals surface area (Å²) in [6.45, 7) is 3.84. The number of benzene rings is 2. The van der Waals surface area contributed by atoms with Gasteiger partial charge in [0.1, 0.15) is 0 Å². The summed E-state index contributed by atoms with van der Waals surface area (Å²) >= 11 is 0. The lowest BCUT2D eigenvalue weighted by Crippen LogP contribution is -2.13. The molecule has 0 aliphatic rings. The molecule has 0 aliphatic heterocycles. The van der Waals surface area contributed by atoms with Crippen LogP contribution < -0.4 is 5.32 Å². The highest BCUT2D eigenvalue weighted by Gasteiger charge is 2.05. The highest BCUT2D eigenvalue weighted by molar-refractivity contribution is 5.78. The summed E-state index contributed by atoms with van der Waals surface area (Å²) in [4.78, 5) is 6.72. The Bertz CT molecular complexity index is 809. The minimum absolute atomic E-state index is 0.779. The van der Waals surface area contributed by atoms with E-state index in [0.29, 0.717) is 0 Å². The molecule has 23 heavy (non-hydrogen) atoms. The zero-order chi connectivity index (χ0) is 16.2. The van der Waals surface area contributed by atoms with Crippen LogP contribution in [0.15, 0.2) is 54.7 Å². The van der Waals surface area contributed by atoms with Crippen LogP contribution in [0.1, 0.15) is 16.7 Å². The molecule has 3 nitrogen and oxygen atoms in total. The Morgan fingerprint density at radius 3 is 2.70 bits per heavy atom. The summed E-state index contributed by atoms with van der Waals surface area (Å²) in [5.74, 6) is 0. The molecule has 1 aromatic heterocycles. The predicted octanol–water partition coefficient (Wildman–Crippen LogP) is 4.22. The van der Waals surface area contributed by atoms with Crippen molar-refractivity contribution in [2.24, 2.45) is 0 Å². The number of aromatic nitrogens is 1. The summed E-state index contributed by atoms with van der Waals surface area (Å²) in [6, 6.07) is 17.0. The quantitative estimate of drug-likeness (QED) is 0.765. The normalized spacial score (nSPS) is 11.1. The summed E-state index contributed by atoms with van der Waals surface area (Å²) in [5.41, 5.74) is 6.04. The number of nitrogens with zero attached hydrogens (tertiary/aromatic N) is 2. The van der Waals surface area contributed by atoms with E-state index in [1.807, 2.05) is 18.3 Å². The lowest BCUT2D eigenvalue weighted by Gasteiger charge is -2.16. The summed E-state index contributed by atoms with van der Waals surface area (Å²) in [7, 11) is 4.19. The van der Waals surface area contributed by atoms with Crippen molar-refractivity contribution in [3.8, 4) is 0 Å². The molecule has 0 saturated carbocycles. The van der Waals surface area contributed by atoms with Gasteiger partial charge in [0.2, 0.25) is 0 Å². The summed E-state index contributed by atoms with van der Waals surface area (Å²) < 4.78 is 0. The van der Waals surface area contributed by atoms with Gasteiger partial charge in [-0.2, -0.15) is 0 Å². The second kappa shape index (κ2) is 6.80. The third kappa shape index (κ3) is 3.88. The molecule has 0 radical (unpaired) electrons. The van der Waals surface area contributed by atoms with Gasteiger partial charge in [-0.1, -0.05) is 35.9 Å². The van der Waals surface area contributed by atoms with Crippen LogP contribution in [0.4, 0.5) is 5.69 Å². The molecule has 0 bridgehead atoms. The van der Waals surface area contributed by atoms with Gasteiger partial charge < -0.3 is 10.2 Å². The SMILES string of the molecule is Cc1ccc(NCc2cnc3ccccc3c2)c(CN(C)C)c1. The van der Waals surface area contributed by atoms with Gasteiger partial charge in [0.15, 0.2) is 0 Å². The standard InChI is InChI=1S/C20H23N3/c1-15-8-9-20(18(10-15)14-23(2)3)22-13-16-11-17-6-4-5-7-19(17)21-12-16/h4-12,22H,13-14H2,1-3H3. The van der Waals surface area contributed by atoms with E-state index in [0.717, 1.165) is 18.6 Å². The van der Waals surface area contributed by atoms with Crippen LogP contribution in [0.25, 0.3) is 10.9 Å². The first-order valence-electron chi connectivity index (χ1n) is 7.93. The second-order valence-electron chi connectivity index (χ2n) is 6.29. The molecule has 0 atom stereocenters. The maximum absolute atomic E-state index is 4.53. The topological polar surface area (TPSA) is 28.2 Å². The number of fused-ring (bicyclic) bond motifs is 1. The monoisotopic (exact) mass is 305 g/mol. The largest absolute Gasteiger partial charge is 0.381 e. The average Bonchev–Trinajstić information content (AvgIpc) is 2.53. The molecule has 1 heterocycles. The average molecular weight is 305 g/mol. The molecule has 0 aliphatic carbocycles. The van der Waals surface area contributed by atoms with Crippen molar-refractivity contribution in [2.45, 2.75) is 20.0 Å². The fourth-order valence-corrected chi connectivity index (χ4v) is 2.78. The molecule has 1 N–H and O–H groups in total. The molecule has 0 spiro atoms. The first kappa shape index (κ1) is 15.5. The van der Waals surface area contributed by atoms with Gasteiger partial charge in [-0.15, -0.1) is 0 Å². The molecular weight excluding hydrogens is 282 g/mol. The van der Waals surface area contributed by atoms with Crippen molar-refractivity contribution in [1.82, 2.24) is 9.88 Å². The fraction of sp³-hybridized carbons (Fsp3) is 0.250. The van der Waals surface area contributed by atoms with E-state index in [1.54, 1.807) is 0 Å². The van der Waals surface area contributed by atoms with E-state index in [2.05, 4.69) is 72.6 Å². The van der Waals surface area contributed by atoms with Crippen molar-refractivity contribution >= 4 is 16.6 Å². The van der Waals surface area contributed by atoms with Gasteiger partial charge >= 0.3 is 0 Å². The van der Waals surface area contributed by atoms with Crippen LogP contribution in [-0.4, -0.2) is 24.0 Å². The first-order chi connectivity index (χ1) is 11.1. The molecule has 0 unspecified atom stereocenters. The Morgan fingerprint density at radius 1 is 1.04 bits per heavy atom. The number of nitrogens with one attached hydrogen (secondary N) is 1. The minimum atomic E-state index is 0.779. The van der Waals surface area contributed by atoms with Gasteiger partial charge in [0.25, 0.3) is 0 Å². The number of hydrogen-bond donors (Lipinski definition) is 1. The van der Waals surface area contributed by atoms with Crippen molar-refractivity contribution in [3.63, 3.8) is 0 Å².